The van der Waals surface area contributed by atoms with Gasteiger partial charge in [-0.1, -0.05) is 43.0 Å². The molecule has 82 valence electrons. The largest absolute Gasteiger partial charge is 0.436 e. The van der Waals surface area contributed by atoms with Crippen LogP contribution in [0.15, 0.2) is 59.5 Å². The Morgan fingerprint density at radius 3 is 2.59 bits per heavy atom. The number of fused-ring (bicyclic) bond motifs is 1. The molecule has 1 heterocycles. The lowest BCUT2D eigenvalue weighted by Gasteiger charge is -1.91. The molecule has 0 atom stereocenters. The van der Waals surface area contributed by atoms with Gasteiger partial charge in [-0.2, -0.15) is 0 Å². The molecule has 3 rings (SSSR count). The minimum Gasteiger partial charge on any atom is -0.436 e. The first-order valence-corrected chi connectivity index (χ1v) is 5.46. The van der Waals surface area contributed by atoms with Crippen LogP contribution in [0.25, 0.3) is 28.6 Å². The molecule has 0 N–H and O–H groups in total. The first kappa shape index (κ1) is 9.85. The Labute approximate surface area is 99.2 Å². The van der Waals surface area contributed by atoms with Crippen molar-refractivity contribution in [2.45, 2.75) is 0 Å². The normalized spacial score (nSPS) is 10.6. The van der Waals surface area contributed by atoms with E-state index >= 15 is 0 Å². The summed E-state index contributed by atoms with van der Waals surface area (Å²) in [6.07, 6.45) is 1.79. The highest BCUT2D eigenvalue weighted by Crippen LogP contribution is 2.26. The van der Waals surface area contributed by atoms with Crippen LogP contribution >= 0.6 is 0 Å². The Bertz CT molecular complexity index is 668. The quantitative estimate of drug-likeness (QED) is 0.650. The molecule has 0 aliphatic rings. The highest BCUT2D eigenvalue weighted by molar-refractivity contribution is 5.84. The minimum atomic E-state index is 0.648. The lowest BCUT2D eigenvalue weighted by atomic mass is 10.2. The molecule has 0 fully saturated rings. The fraction of sp³-hybridized carbons (Fsp3) is 0. The maximum absolute atomic E-state index is 5.74. The van der Waals surface area contributed by atoms with Gasteiger partial charge in [0.2, 0.25) is 5.89 Å². The van der Waals surface area contributed by atoms with Gasteiger partial charge in [-0.05, 0) is 18.2 Å². The minimum absolute atomic E-state index is 0.648. The van der Waals surface area contributed by atoms with Crippen molar-refractivity contribution in [1.82, 2.24) is 4.98 Å². The number of nitrogens with zero attached hydrogens (tertiary/aromatic N) is 1. The number of aromatic nitrogens is 1. The Morgan fingerprint density at radius 1 is 1.00 bits per heavy atom. The zero-order valence-corrected chi connectivity index (χ0v) is 9.26. The number of hydrogen-bond acceptors (Lipinski definition) is 2. The van der Waals surface area contributed by atoms with Gasteiger partial charge < -0.3 is 4.42 Å². The Balaban J connectivity index is 2.24. The van der Waals surface area contributed by atoms with Crippen molar-refractivity contribution in [2.24, 2.45) is 0 Å². The van der Waals surface area contributed by atoms with Crippen molar-refractivity contribution in [2.75, 3.05) is 0 Å². The van der Waals surface area contributed by atoms with E-state index in [0.29, 0.717) is 5.89 Å². The molecule has 0 aliphatic carbocycles. The van der Waals surface area contributed by atoms with Crippen molar-refractivity contribution in [1.29, 1.82) is 0 Å². The van der Waals surface area contributed by atoms with E-state index in [0.717, 1.165) is 22.2 Å². The zero-order chi connectivity index (χ0) is 11.7. The molecule has 0 radical (unpaired) electrons. The van der Waals surface area contributed by atoms with Crippen LogP contribution in [0, 0.1) is 0 Å². The zero-order valence-electron chi connectivity index (χ0n) is 9.26. The van der Waals surface area contributed by atoms with Crippen molar-refractivity contribution >= 4 is 17.2 Å². The molecule has 0 amide bonds. The fourth-order valence-electron chi connectivity index (χ4n) is 1.84. The summed E-state index contributed by atoms with van der Waals surface area (Å²) >= 11 is 0. The third-order valence-corrected chi connectivity index (χ3v) is 2.69. The molecule has 17 heavy (non-hydrogen) atoms. The third-order valence-electron chi connectivity index (χ3n) is 2.69. The molecule has 0 aliphatic heterocycles. The van der Waals surface area contributed by atoms with Gasteiger partial charge >= 0.3 is 0 Å². The number of para-hydroxylation sites is 1. The van der Waals surface area contributed by atoms with Gasteiger partial charge in [0.25, 0.3) is 0 Å². The summed E-state index contributed by atoms with van der Waals surface area (Å²) in [6, 6.07) is 15.7. The van der Waals surface area contributed by atoms with Crippen LogP contribution in [0.5, 0.6) is 0 Å². The van der Waals surface area contributed by atoms with Crippen LogP contribution in [0.4, 0.5) is 0 Å². The second kappa shape index (κ2) is 3.91. The molecule has 2 heteroatoms. The second-order valence-corrected chi connectivity index (χ2v) is 3.78. The van der Waals surface area contributed by atoms with E-state index in [4.69, 9.17) is 4.42 Å². The van der Waals surface area contributed by atoms with E-state index in [-0.39, 0.29) is 0 Å². The van der Waals surface area contributed by atoms with Gasteiger partial charge in [-0.3, -0.25) is 0 Å². The molecular weight excluding hydrogens is 210 g/mol. The van der Waals surface area contributed by atoms with Gasteiger partial charge in [-0.25, -0.2) is 4.98 Å². The fourth-order valence-corrected chi connectivity index (χ4v) is 1.84. The first-order chi connectivity index (χ1) is 8.38. The van der Waals surface area contributed by atoms with Crippen LogP contribution in [-0.2, 0) is 0 Å². The standard InChI is InChI=1S/C15H11NO/c1-2-11-9-6-10-13-14(11)16-15(17-13)12-7-4-3-5-8-12/h2-10H,1H2. The van der Waals surface area contributed by atoms with Gasteiger partial charge in [0.05, 0.1) is 0 Å². The van der Waals surface area contributed by atoms with E-state index in [2.05, 4.69) is 11.6 Å². The van der Waals surface area contributed by atoms with Crippen LogP contribution in [0.1, 0.15) is 5.56 Å². The Hall–Kier alpha value is -2.35. The van der Waals surface area contributed by atoms with Gasteiger partial charge in [0.15, 0.2) is 5.58 Å². The van der Waals surface area contributed by atoms with E-state index in [1.54, 1.807) is 6.08 Å². The molecule has 2 aromatic carbocycles. The first-order valence-electron chi connectivity index (χ1n) is 5.46. The molecule has 0 saturated carbocycles. The molecule has 3 aromatic rings. The smallest absolute Gasteiger partial charge is 0.227 e. The van der Waals surface area contributed by atoms with E-state index in [1.807, 2.05) is 48.5 Å². The molecule has 0 spiro atoms. The Morgan fingerprint density at radius 2 is 1.82 bits per heavy atom. The maximum atomic E-state index is 5.74. The topological polar surface area (TPSA) is 26.0 Å². The lowest BCUT2D eigenvalue weighted by molar-refractivity contribution is 0.620. The number of rotatable bonds is 2. The van der Waals surface area contributed by atoms with Crippen LogP contribution in [0.3, 0.4) is 0 Å². The molecule has 0 unspecified atom stereocenters. The highest BCUT2D eigenvalue weighted by Gasteiger charge is 2.09. The number of benzene rings is 2. The average Bonchev–Trinajstić information content (AvgIpc) is 2.83. The second-order valence-electron chi connectivity index (χ2n) is 3.78. The third kappa shape index (κ3) is 1.64. The molecule has 0 saturated heterocycles. The predicted molar refractivity (Wildman–Crippen MR) is 69.5 cm³/mol. The van der Waals surface area contributed by atoms with Crippen LogP contribution in [-0.4, -0.2) is 4.98 Å². The lowest BCUT2D eigenvalue weighted by Crippen LogP contribution is -1.77. The Kier molecular flexibility index (Phi) is 2.26. The van der Waals surface area contributed by atoms with Crippen LogP contribution in [0.2, 0.25) is 0 Å². The summed E-state index contributed by atoms with van der Waals surface area (Å²) in [5.41, 5.74) is 3.63. The van der Waals surface area contributed by atoms with Gasteiger partial charge in [-0.15, -0.1) is 0 Å². The molecular formula is C15H11NO. The van der Waals surface area contributed by atoms with Crippen molar-refractivity contribution in [3.8, 4) is 11.5 Å². The van der Waals surface area contributed by atoms with Crippen molar-refractivity contribution < 1.29 is 4.42 Å². The van der Waals surface area contributed by atoms with E-state index in [9.17, 15) is 0 Å². The van der Waals surface area contributed by atoms with Crippen molar-refractivity contribution in [3.05, 3.63) is 60.7 Å². The summed E-state index contributed by atoms with van der Waals surface area (Å²) in [4.78, 5) is 4.52. The summed E-state index contributed by atoms with van der Waals surface area (Å²) < 4.78 is 5.74. The molecule has 2 nitrogen and oxygen atoms in total. The predicted octanol–water partition coefficient (Wildman–Crippen LogP) is 4.14. The monoisotopic (exact) mass is 221 g/mol. The molecule has 1 aromatic heterocycles. The SMILES string of the molecule is C=Cc1cccc2oc(-c3ccccc3)nc12. The number of oxazole rings is 1. The summed E-state index contributed by atoms with van der Waals surface area (Å²) in [6.45, 7) is 3.78. The van der Waals surface area contributed by atoms with Gasteiger partial charge in [0, 0.05) is 11.1 Å². The van der Waals surface area contributed by atoms with E-state index < -0.39 is 0 Å². The maximum Gasteiger partial charge on any atom is 0.227 e. The average molecular weight is 221 g/mol. The highest BCUT2D eigenvalue weighted by atomic mass is 16.3. The van der Waals surface area contributed by atoms with E-state index in [1.165, 1.54) is 0 Å². The number of hydrogen-bond donors (Lipinski definition) is 0. The summed E-state index contributed by atoms with van der Waals surface area (Å²) in [5, 5.41) is 0. The van der Waals surface area contributed by atoms with Gasteiger partial charge in [0.1, 0.15) is 5.52 Å². The molecule has 0 bridgehead atoms. The summed E-state index contributed by atoms with van der Waals surface area (Å²) in [5.74, 6) is 0.648. The van der Waals surface area contributed by atoms with Crippen LogP contribution < -0.4 is 0 Å². The van der Waals surface area contributed by atoms with Crippen molar-refractivity contribution in [3.63, 3.8) is 0 Å². The summed E-state index contributed by atoms with van der Waals surface area (Å²) in [7, 11) is 0.